The van der Waals surface area contributed by atoms with Gasteiger partial charge >= 0.3 is 5.97 Å². The Morgan fingerprint density at radius 2 is 1.76 bits per heavy atom. The quantitative estimate of drug-likeness (QED) is 0.848. The highest BCUT2D eigenvalue weighted by Gasteiger charge is 2.61. The van der Waals surface area contributed by atoms with Crippen molar-refractivity contribution in [3.63, 3.8) is 0 Å². The van der Waals surface area contributed by atoms with E-state index in [1.807, 2.05) is 12.1 Å². The molecule has 0 aliphatic heterocycles. The second-order valence-corrected chi connectivity index (χ2v) is 7.56. The number of phenolic OH excluding ortho intramolecular Hbond substituents is 1. The van der Waals surface area contributed by atoms with Gasteiger partial charge in [-0.15, -0.1) is 0 Å². The molecule has 2 atom stereocenters. The fourth-order valence-corrected chi connectivity index (χ4v) is 5.87. The molecule has 0 radical (unpaired) electrons. The Hall–Kier alpha value is -1.51. The van der Waals surface area contributed by atoms with Gasteiger partial charge in [0.1, 0.15) is 5.75 Å². The van der Waals surface area contributed by atoms with E-state index in [1.165, 1.54) is 31.9 Å². The summed E-state index contributed by atoms with van der Waals surface area (Å²) in [6.07, 6.45) is 6.59. The van der Waals surface area contributed by atoms with Crippen molar-refractivity contribution in [2.75, 3.05) is 7.11 Å². The SMILES string of the molecule is COC(=O)C12CC3CC(C1)CC(c1ccc(O)cc1)(C3)C2. The Bertz CT molecular complexity index is 561. The van der Waals surface area contributed by atoms with Gasteiger partial charge in [0.25, 0.3) is 0 Å². The molecule has 0 heterocycles. The van der Waals surface area contributed by atoms with E-state index in [1.54, 1.807) is 12.1 Å². The summed E-state index contributed by atoms with van der Waals surface area (Å²) in [6, 6.07) is 7.65. The number of aromatic hydroxyl groups is 1. The number of rotatable bonds is 2. The summed E-state index contributed by atoms with van der Waals surface area (Å²) in [4.78, 5) is 12.4. The van der Waals surface area contributed by atoms with Gasteiger partial charge in [-0.25, -0.2) is 0 Å². The van der Waals surface area contributed by atoms with Gasteiger partial charge in [0.2, 0.25) is 0 Å². The maximum absolute atomic E-state index is 12.4. The lowest BCUT2D eigenvalue weighted by Gasteiger charge is -2.61. The predicted molar refractivity (Wildman–Crippen MR) is 78.9 cm³/mol. The van der Waals surface area contributed by atoms with Crippen LogP contribution < -0.4 is 0 Å². The maximum atomic E-state index is 12.4. The first-order chi connectivity index (χ1) is 10.1. The van der Waals surface area contributed by atoms with Crippen LogP contribution in [0.1, 0.15) is 44.1 Å². The molecule has 1 aromatic carbocycles. The second kappa shape index (κ2) is 4.25. The Morgan fingerprint density at radius 3 is 2.33 bits per heavy atom. The Kier molecular flexibility index (Phi) is 2.66. The van der Waals surface area contributed by atoms with Crippen LogP contribution in [-0.2, 0) is 14.9 Å². The average molecular weight is 286 g/mol. The first-order valence-corrected chi connectivity index (χ1v) is 7.93. The number of hydrogen-bond acceptors (Lipinski definition) is 3. The zero-order valence-electron chi connectivity index (χ0n) is 12.5. The Labute approximate surface area is 125 Å². The topological polar surface area (TPSA) is 46.5 Å². The number of phenols is 1. The lowest BCUT2D eigenvalue weighted by Crippen LogP contribution is -2.57. The Morgan fingerprint density at radius 1 is 1.14 bits per heavy atom. The zero-order valence-corrected chi connectivity index (χ0v) is 12.5. The van der Waals surface area contributed by atoms with Crippen molar-refractivity contribution in [2.45, 2.75) is 43.9 Å². The normalized spacial score (nSPS) is 40.2. The lowest BCUT2D eigenvalue weighted by atomic mass is 9.43. The van der Waals surface area contributed by atoms with E-state index < -0.39 is 0 Å². The van der Waals surface area contributed by atoms with Crippen molar-refractivity contribution >= 4 is 5.97 Å². The van der Waals surface area contributed by atoms with Crippen molar-refractivity contribution in [3.8, 4) is 5.75 Å². The molecular weight excluding hydrogens is 264 g/mol. The minimum atomic E-state index is -0.253. The molecule has 112 valence electrons. The molecule has 0 aromatic heterocycles. The van der Waals surface area contributed by atoms with E-state index >= 15 is 0 Å². The molecule has 2 unspecified atom stereocenters. The van der Waals surface area contributed by atoms with Gasteiger partial charge in [-0.2, -0.15) is 0 Å². The van der Waals surface area contributed by atoms with Gasteiger partial charge in [-0.05, 0) is 73.5 Å². The van der Waals surface area contributed by atoms with E-state index in [2.05, 4.69) is 0 Å². The molecule has 21 heavy (non-hydrogen) atoms. The minimum absolute atomic E-state index is 0.000228. The molecule has 3 nitrogen and oxygen atoms in total. The highest BCUT2D eigenvalue weighted by molar-refractivity contribution is 5.78. The van der Waals surface area contributed by atoms with E-state index in [0.717, 1.165) is 19.3 Å². The van der Waals surface area contributed by atoms with Gasteiger partial charge in [0, 0.05) is 0 Å². The molecule has 0 amide bonds. The van der Waals surface area contributed by atoms with Crippen molar-refractivity contribution < 1.29 is 14.6 Å². The molecule has 4 saturated carbocycles. The number of carbonyl (C=O) groups excluding carboxylic acids is 1. The summed E-state index contributed by atoms with van der Waals surface area (Å²) in [6.45, 7) is 0. The largest absolute Gasteiger partial charge is 0.508 e. The number of benzene rings is 1. The van der Waals surface area contributed by atoms with Crippen molar-refractivity contribution in [1.82, 2.24) is 0 Å². The van der Waals surface area contributed by atoms with Crippen LogP contribution in [0.5, 0.6) is 5.75 Å². The molecule has 0 saturated heterocycles. The van der Waals surface area contributed by atoms with Crippen LogP contribution in [0, 0.1) is 17.3 Å². The second-order valence-electron chi connectivity index (χ2n) is 7.56. The number of carbonyl (C=O) groups is 1. The number of esters is 1. The van der Waals surface area contributed by atoms with E-state index in [4.69, 9.17) is 4.74 Å². The van der Waals surface area contributed by atoms with Crippen LogP contribution >= 0.6 is 0 Å². The molecule has 0 spiro atoms. The van der Waals surface area contributed by atoms with Crippen LogP contribution in [0.2, 0.25) is 0 Å². The third kappa shape index (κ3) is 1.82. The summed E-state index contributed by atoms with van der Waals surface area (Å²) < 4.78 is 5.16. The van der Waals surface area contributed by atoms with Crippen LogP contribution in [0.15, 0.2) is 24.3 Å². The van der Waals surface area contributed by atoms with Crippen LogP contribution in [-0.4, -0.2) is 18.2 Å². The predicted octanol–water partition coefficient (Wildman–Crippen LogP) is 3.40. The van der Waals surface area contributed by atoms with Crippen LogP contribution in [0.4, 0.5) is 0 Å². The average Bonchev–Trinajstić information content (AvgIpc) is 2.45. The Balaban J connectivity index is 1.76. The van der Waals surface area contributed by atoms with E-state index in [-0.39, 0.29) is 16.8 Å². The highest BCUT2D eigenvalue weighted by atomic mass is 16.5. The van der Waals surface area contributed by atoms with Gasteiger partial charge in [-0.3, -0.25) is 4.79 Å². The third-order valence-electron chi connectivity index (χ3n) is 6.16. The summed E-state index contributed by atoms with van der Waals surface area (Å²) in [5.74, 6) is 1.62. The number of methoxy groups -OCH3 is 1. The number of hydrogen-bond donors (Lipinski definition) is 1. The summed E-state index contributed by atoms with van der Waals surface area (Å²) in [5.41, 5.74) is 1.16. The van der Waals surface area contributed by atoms with Gasteiger partial charge in [0.05, 0.1) is 12.5 Å². The molecule has 3 heteroatoms. The maximum Gasteiger partial charge on any atom is 0.311 e. The van der Waals surface area contributed by atoms with E-state index in [0.29, 0.717) is 17.6 Å². The third-order valence-corrected chi connectivity index (χ3v) is 6.16. The number of ether oxygens (including phenoxy) is 1. The van der Waals surface area contributed by atoms with Crippen LogP contribution in [0.25, 0.3) is 0 Å². The molecule has 1 N–H and O–H groups in total. The zero-order chi connectivity index (χ0) is 14.7. The minimum Gasteiger partial charge on any atom is -0.508 e. The van der Waals surface area contributed by atoms with Crippen LogP contribution in [0.3, 0.4) is 0 Å². The molecular formula is C18H22O3. The molecule has 4 aliphatic rings. The smallest absolute Gasteiger partial charge is 0.311 e. The fourth-order valence-electron chi connectivity index (χ4n) is 5.87. The standard InChI is InChI=1S/C18H22O3/c1-21-16(20)18-9-12-6-13(10-18)8-17(7-12,11-18)14-2-4-15(19)5-3-14/h2-5,12-13,19H,6-11H2,1H3. The molecule has 5 rings (SSSR count). The molecule has 4 aliphatic carbocycles. The monoisotopic (exact) mass is 286 g/mol. The van der Waals surface area contributed by atoms with Gasteiger partial charge in [0.15, 0.2) is 0 Å². The van der Waals surface area contributed by atoms with Crippen molar-refractivity contribution in [2.24, 2.45) is 17.3 Å². The van der Waals surface area contributed by atoms with E-state index in [9.17, 15) is 9.90 Å². The van der Waals surface area contributed by atoms with Crippen molar-refractivity contribution in [3.05, 3.63) is 29.8 Å². The highest BCUT2D eigenvalue weighted by Crippen LogP contribution is 2.66. The molecule has 4 fully saturated rings. The summed E-state index contributed by atoms with van der Waals surface area (Å²) in [7, 11) is 1.52. The van der Waals surface area contributed by atoms with Gasteiger partial charge < -0.3 is 9.84 Å². The van der Waals surface area contributed by atoms with Gasteiger partial charge in [-0.1, -0.05) is 12.1 Å². The first-order valence-electron chi connectivity index (χ1n) is 7.93. The summed E-state index contributed by atoms with van der Waals surface area (Å²) >= 11 is 0. The first kappa shape index (κ1) is 13.2. The van der Waals surface area contributed by atoms with Crippen molar-refractivity contribution in [1.29, 1.82) is 0 Å². The molecule has 4 bridgehead atoms. The lowest BCUT2D eigenvalue weighted by molar-refractivity contribution is -0.171. The summed E-state index contributed by atoms with van der Waals surface area (Å²) in [5, 5.41) is 9.54. The molecule has 1 aromatic rings. The fraction of sp³-hybridized carbons (Fsp3) is 0.611.